The molecule has 0 unspecified atom stereocenters. The zero-order valence-electron chi connectivity index (χ0n) is 8.82. The van der Waals surface area contributed by atoms with Crippen molar-refractivity contribution in [2.45, 2.75) is 6.92 Å². The smallest absolute Gasteiger partial charge is 0.241 e. The van der Waals surface area contributed by atoms with Crippen molar-refractivity contribution in [2.75, 3.05) is 25.5 Å². The fourth-order valence-electron chi connectivity index (χ4n) is 0.987. The van der Waals surface area contributed by atoms with Gasteiger partial charge in [-0.15, -0.1) is 0 Å². The van der Waals surface area contributed by atoms with Crippen molar-refractivity contribution in [2.24, 2.45) is 7.05 Å². The Hall–Kier alpha value is -1.52. The molecule has 14 heavy (non-hydrogen) atoms. The predicted octanol–water partition coefficient (Wildman–Crippen LogP) is 0.310. The van der Waals surface area contributed by atoms with E-state index in [1.54, 1.807) is 16.6 Å². The second-order valence-corrected chi connectivity index (χ2v) is 3.14. The van der Waals surface area contributed by atoms with E-state index in [0.717, 1.165) is 12.4 Å². The maximum absolute atomic E-state index is 11.4. The van der Waals surface area contributed by atoms with Crippen LogP contribution in [-0.2, 0) is 11.8 Å². The van der Waals surface area contributed by atoms with Crippen LogP contribution < -0.4 is 5.32 Å². The zero-order chi connectivity index (χ0) is 10.6. The molecule has 5 nitrogen and oxygen atoms in total. The van der Waals surface area contributed by atoms with E-state index in [2.05, 4.69) is 10.4 Å². The van der Waals surface area contributed by atoms with E-state index < -0.39 is 0 Å². The van der Waals surface area contributed by atoms with Crippen LogP contribution in [0.2, 0.25) is 0 Å². The molecular weight excluding hydrogens is 180 g/mol. The summed E-state index contributed by atoms with van der Waals surface area (Å²) in [5, 5.41) is 7.06. The van der Waals surface area contributed by atoms with Crippen LogP contribution in [0.15, 0.2) is 12.3 Å². The zero-order valence-corrected chi connectivity index (χ0v) is 8.82. The number of hydrogen-bond donors (Lipinski definition) is 1. The second-order valence-electron chi connectivity index (χ2n) is 3.14. The number of likely N-dealkylation sites (N-methyl/N-ethyl adjacent to an activating group) is 1. The average molecular weight is 196 g/mol. The molecule has 1 heterocycles. The summed E-state index contributed by atoms with van der Waals surface area (Å²) < 4.78 is 1.69. The molecule has 1 aromatic rings. The van der Waals surface area contributed by atoms with E-state index in [0.29, 0.717) is 6.54 Å². The summed E-state index contributed by atoms with van der Waals surface area (Å²) in [7, 11) is 3.62. The van der Waals surface area contributed by atoms with Crippen molar-refractivity contribution in [3.05, 3.63) is 12.3 Å². The predicted molar refractivity (Wildman–Crippen MR) is 55.0 cm³/mol. The maximum Gasteiger partial charge on any atom is 0.241 e. The Kier molecular flexibility index (Phi) is 3.50. The topological polar surface area (TPSA) is 50.2 Å². The van der Waals surface area contributed by atoms with Gasteiger partial charge >= 0.3 is 0 Å². The first-order valence-corrected chi connectivity index (χ1v) is 4.61. The lowest BCUT2D eigenvalue weighted by atomic mass is 10.5. The minimum Gasteiger partial charge on any atom is -0.360 e. The third-order valence-electron chi connectivity index (χ3n) is 2.03. The fourth-order valence-corrected chi connectivity index (χ4v) is 0.987. The highest BCUT2D eigenvalue weighted by Crippen LogP contribution is 1.99. The van der Waals surface area contributed by atoms with Crippen LogP contribution in [0.1, 0.15) is 6.92 Å². The molecule has 0 atom stereocenters. The molecule has 0 aliphatic rings. The van der Waals surface area contributed by atoms with Gasteiger partial charge in [0.1, 0.15) is 5.82 Å². The molecule has 1 amide bonds. The number of anilines is 1. The van der Waals surface area contributed by atoms with Gasteiger partial charge in [0.25, 0.3) is 0 Å². The summed E-state index contributed by atoms with van der Waals surface area (Å²) in [5.41, 5.74) is 0. The number of nitrogens with zero attached hydrogens (tertiary/aromatic N) is 3. The molecule has 0 bridgehead atoms. The largest absolute Gasteiger partial charge is 0.360 e. The summed E-state index contributed by atoms with van der Waals surface area (Å²) in [5.74, 6) is 0.795. The van der Waals surface area contributed by atoms with Gasteiger partial charge in [-0.05, 0) is 6.92 Å². The highest BCUT2D eigenvalue weighted by Gasteiger charge is 2.06. The Bertz CT molecular complexity index is 308. The van der Waals surface area contributed by atoms with E-state index in [4.69, 9.17) is 0 Å². The van der Waals surface area contributed by atoms with Crippen LogP contribution in [0.3, 0.4) is 0 Å². The van der Waals surface area contributed by atoms with Crippen LogP contribution in [0.4, 0.5) is 5.82 Å². The van der Waals surface area contributed by atoms with Gasteiger partial charge in [-0.3, -0.25) is 9.48 Å². The number of amides is 1. The van der Waals surface area contributed by atoms with Gasteiger partial charge in [0, 0.05) is 32.9 Å². The number of aryl methyl sites for hydroxylation is 1. The lowest BCUT2D eigenvalue weighted by Gasteiger charge is -2.14. The quantitative estimate of drug-likeness (QED) is 0.754. The summed E-state index contributed by atoms with van der Waals surface area (Å²) in [4.78, 5) is 13.0. The molecule has 0 radical (unpaired) electrons. The Morgan fingerprint density at radius 2 is 2.43 bits per heavy atom. The number of aromatic nitrogens is 2. The molecule has 0 fully saturated rings. The SMILES string of the molecule is CCN(C)C(=O)CNc1ccn(C)n1. The van der Waals surface area contributed by atoms with E-state index >= 15 is 0 Å². The van der Waals surface area contributed by atoms with Gasteiger partial charge in [0.15, 0.2) is 0 Å². The highest BCUT2D eigenvalue weighted by atomic mass is 16.2. The van der Waals surface area contributed by atoms with E-state index in [1.807, 2.05) is 26.2 Å². The Balaban J connectivity index is 2.37. The first kappa shape index (κ1) is 10.6. The van der Waals surface area contributed by atoms with Crippen molar-refractivity contribution in [1.82, 2.24) is 14.7 Å². The van der Waals surface area contributed by atoms with Crippen LogP contribution in [-0.4, -0.2) is 40.7 Å². The molecule has 0 aromatic carbocycles. The van der Waals surface area contributed by atoms with Gasteiger partial charge in [0.05, 0.1) is 6.54 Å². The standard InChI is InChI=1S/C9H16N4O/c1-4-12(2)9(14)7-10-8-5-6-13(3)11-8/h5-6H,4,7H2,1-3H3,(H,10,11). The third-order valence-corrected chi connectivity index (χ3v) is 2.03. The van der Waals surface area contributed by atoms with Crippen molar-refractivity contribution in [1.29, 1.82) is 0 Å². The van der Waals surface area contributed by atoms with Crippen LogP contribution in [0.25, 0.3) is 0 Å². The van der Waals surface area contributed by atoms with Crippen LogP contribution >= 0.6 is 0 Å². The molecule has 0 aliphatic carbocycles. The summed E-state index contributed by atoms with van der Waals surface area (Å²) >= 11 is 0. The van der Waals surface area contributed by atoms with E-state index in [9.17, 15) is 4.79 Å². The average Bonchev–Trinajstić information content (AvgIpc) is 2.59. The maximum atomic E-state index is 11.4. The Morgan fingerprint density at radius 3 is 2.93 bits per heavy atom. The first-order chi connectivity index (χ1) is 6.63. The van der Waals surface area contributed by atoms with Crippen molar-refractivity contribution >= 4 is 11.7 Å². The fraction of sp³-hybridized carbons (Fsp3) is 0.556. The van der Waals surface area contributed by atoms with Gasteiger partial charge in [-0.25, -0.2) is 0 Å². The molecule has 1 rings (SSSR count). The number of carbonyl (C=O) groups is 1. The van der Waals surface area contributed by atoms with Crippen LogP contribution in [0.5, 0.6) is 0 Å². The molecule has 5 heteroatoms. The molecule has 0 spiro atoms. The minimum atomic E-state index is 0.0677. The van der Waals surface area contributed by atoms with Crippen molar-refractivity contribution < 1.29 is 4.79 Å². The monoisotopic (exact) mass is 196 g/mol. The highest BCUT2D eigenvalue weighted by molar-refractivity contribution is 5.80. The summed E-state index contributed by atoms with van der Waals surface area (Å²) in [6, 6.07) is 1.83. The van der Waals surface area contributed by atoms with Crippen molar-refractivity contribution in [3.63, 3.8) is 0 Å². The van der Waals surface area contributed by atoms with Gasteiger partial charge in [-0.1, -0.05) is 0 Å². The first-order valence-electron chi connectivity index (χ1n) is 4.61. The molecule has 0 saturated carbocycles. The second kappa shape index (κ2) is 4.64. The third kappa shape index (κ3) is 2.76. The Morgan fingerprint density at radius 1 is 1.71 bits per heavy atom. The number of carbonyl (C=O) groups excluding carboxylic acids is 1. The van der Waals surface area contributed by atoms with Crippen molar-refractivity contribution in [3.8, 4) is 0 Å². The van der Waals surface area contributed by atoms with Gasteiger partial charge < -0.3 is 10.2 Å². The molecule has 78 valence electrons. The molecular formula is C9H16N4O. The van der Waals surface area contributed by atoms with Gasteiger partial charge in [-0.2, -0.15) is 5.10 Å². The summed E-state index contributed by atoms with van der Waals surface area (Å²) in [6.07, 6.45) is 1.83. The number of rotatable bonds is 4. The molecule has 1 aromatic heterocycles. The minimum absolute atomic E-state index is 0.0677. The van der Waals surface area contributed by atoms with E-state index in [1.165, 1.54) is 0 Å². The summed E-state index contributed by atoms with van der Waals surface area (Å²) in [6.45, 7) is 2.96. The van der Waals surface area contributed by atoms with Crippen LogP contribution in [0, 0.1) is 0 Å². The molecule has 0 saturated heterocycles. The Labute approximate surface area is 83.7 Å². The lowest BCUT2D eigenvalue weighted by Crippen LogP contribution is -2.31. The van der Waals surface area contributed by atoms with E-state index in [-0.39, 0.29) is 5.91 Å². The number of hydrogen-bond acceptors (Lipinski definition) is 3. The molecule has 0 aliphatic heterocycles. The lowest BCUT2D eigenvalue weighted by molar-refractivity contribution is -0.127. The normalized spacial score (nSPS) is 9.93. The number of nitrogens with one attached hydrogen (secondary N) is 1. The van der Waals surface area contributed by atoms with Gasteiger partial charge in [0.2, 0.25) is 5.91 Å². The molecule has 1 N–H and O–H groups in total.